The van der Waals surface area contributed by atoms with E-state index in [1.807, 2.05) is 36.2 Å². The second kappa shape index (κ2) is 7.00. The first-order valence-corrected chi connectivity index (χ1v) is 9.60. The van der Waals surface area contributed by atoms with Crippen LogP contribution in [-0.4, -0.2) is 42.5 Å². The topological polar surface area (TPSA) is 51.2 Å². The molecule has 2 unspecified atom stereocenters. The molecule has 1 saturated heterocycles. The third-order valence-corrected chi connectivity index (χ3v) is 5.89. The van der Waals surface area contributed by atoms with E-state index in [9.17, 15) is 18.4 Å². The summed E-state index contributed by atoms with van der Waals surface area (Å²) in [7, 11) is 1.87. The van der Waals surface area contributed by atoms with Crippen molar-refractivity contribution in [2.24, 2.45) is 0 Å². The van der Waals surface area contributed by atoms with Gasteiger partial charge in [-0.3, -0.25) is 9.55 Å². The van der Waals surface area contributed by atoms with Crippen molar-refractivity contribution in [3.63, 3.8) is 0 Å². The average molecular weight is 408 g/mol. The van der Waals surface area contributed by atoms with Crippen LogP contribution in [0.15, 0.2) is 48.5 Å². The van der Waals surface area contributed by atoms with Gasteiger partial charge in [-0.2, -0.15) is 18.2 Å². The molecule has 0 saturated carbocycles. The maximum Gasteiger partial charge on any atom is 0.393 e. The van der Waals surface area contributed by atoms with E-state index in [2.05, 4.69) is 10.3 Å². The molecule has 2 aromatic carbocycles. The third-order valence-electron chi connectivity index (χ3n) is 4.74. The van der Waals surface area contributed by atoms with Crippen LogP contribution in [0.1, 0.15) is 5.56 Å². The Morgan fingerprint density at radius 3 is 2.61 bits per heavy atom. The SMILES string of the molecule is CN1CC(Nc2ccc(CC(F)(F)F)cc2)[N+]([O-])(c2nc3ccccc3s2)C1. The zero-order valence-corrected chi connectivity index (χ0v) is 15.9. The Morgan fingerprint density at radius 1 is 1.21 bits per heavy atom. The van der Waals surface area contributed by atoms with Crippen molar-refractivity contribution < 1.29 is 13.2 Å². The molecule has 0 radical (unpaired) electrons. The second-order valence-electron chi connectivity index (χ2n) is 7.09. The summed E-state index contributed by atoms with van der Waals surface area (Å²) in [5, 5.41) is 17.4. The predicted octanol–water partition coefficient (Wildman–Crippen LogP) is 4.55. The van der Waals surface area contributed by atoms with Crippen molar-refractivity contribution in [3.05, 3.63) is 59.3 Å². The number of alkyl halides is 3. The lowest BCUT2D eigenvalue weighted by Crippen LogP contribution is -2.52. The molecule has 1 N–H and O–H groups in total. The van der Waals surface area contributed by atoms with Crippen LogP contribution in [0.25, 0.3) is 10.2 Å². The Bertz CT molecular complexity index is 942. The van der Waals surface area contributed by atoms with E-state index >= 15 is 0 Å². The van der Waals surface area contributed by atoms with Gasteiger partial charge in [-0.1, -0.05) is 35.6 Å². The molecular formula is C19H19F3N4OS. The Hall–Kier alpha value is -2.20. The minimum atomic E-state index is -4.24. The molecule has 2 atom stereocenters. The number of rotatable bonds is 4. The van der Waals surface area contributed by atoms with Crippen LogP contribution in [0.5, 0.6) is 0 Å². The molecule has 9 heteroatoms. The molecule has 3 aromatic rings. The van der Waals surface area contributed by atoms with E-state index in [1.165, 1.54) is 23.5 Å². The van der Waals surface area contributed by atoms with E-state index in [-0.39, 0.29) is 12.2 Å². The highest BCUT2D eigenvalue weighted by molar-refractivity contribution is 7.22. The van der Waals surface area contributed by atoms with Crippen molar-refractivity contribution in [1.29, 1.82) is 0 Å². The summed E-state index contributed by atoms with van der Waals surface area (Å²) in [4.78, 5) is 6.46. The number of hydroxylamine groups is 2. The summed E-state index contributed by atoms with van der Waals surface area (Å²) < 4.78 is 37.9. The van der Waals surface area contributed by atoms with Gasteiger partial charge in [0.15, 0.2) is 6.17 Å². The van der Waals surface area contributed by atoms with E-state index in [4.69, 9.17) is 0 Å². The highest BCUT2D eigenvalue weighted by atomic mass is 32.1. The molecule has 2 heterocycles. The minimum absolute atomic E-state index is 0.190. The molecule has 0 spiro atoms. The van der Waals surface area contributed by atoms with Crippen LogP contribution in [0, 0.1) is 5.21 Å². The fourth-order valence-corrected chi connectivity index (χ4v) is 4.50. The number of aromatic nitrogens is 1. The zero-order chi connectivity index (χ0) is 19.9. The Morgan fingerprint density at radius 2 is 1.93 bits per heavy atom. The van der Waals surface area contributed by atoms with Gasteiger partial charge in [0.2, 0.25) is 0 Å². The number of hydrogen-bond acceptors (Lipinski definition) is 5. The zero-order valence-electron chi connectivity index (χ0n) is 15.1. The van der Waals surface area contributed by atoms with Crippen LogP contribution < -0.4 is 9.96 Å². The van der Waals surface area contributed by atoms with Crippen LogP contribution in [0.4, 0.5) is 24.0 Å². The fourth-order valence-electron chi connectivity index (χ4n) is 3.45. The fraction of sp³-hybridized carbons (Fsp3) is 0.316. The molecule has 4 rings (SSSR count). The molecule has 0 aliphatic carbocycles. The molecule has 0 amide bonds. The summed E-state index contributed by atoms with van der Waals surface area (Å²) in [6.07, 6.45) is -5.71. The quantitative estimate of drug-likeness (QED) is 0.508. The van der Waals surface area contributed by atoms with Gasteiger partial charge in [0.1, 0.15) is 6.67 Å². The Labute approximate surface area is 164 Å². The van der Waals surface area contributed by atoms with Crippen LogP contribution in [0.3, 0.4) is 0 Å². The number of likely N-dealkylation sites (N-methyl/N-ethyl adjacent to an activating group) is 1. The minimum Gasteiger partial charge on any atom is -0.623 e. The summed E-state index contributed by atoms with van der Waals surface area (Å²) in [6, 6.07) is 13.7. The normalized spacial score (nSPS) is 23.4. The third kappa shape index (κ3) is 3.83. The second-order valence-corrected chi connectivity index (χ2v) is 8.10. The summed E-state index contributed by atoms with van der Waals surface area (Å²) in [5.74, 6) is 0. The average Bonchev–Trinajstić information content (AvgIpc) is 3.17. The number of para-hydroxylation sites is 1. The van der Waals surface area contributed by atoms with E-state index < -0.39 is 23.4 Å². The number of fused-ring (bicyclic) bond motifs is 1. The lowest BCUT2D eigenvalue weighted by atomic mass is 10.1. The number of anilines is 1. The predicted molar refractivity (Wildman–Crippen MR) is 106 cm³/mol. The van der Waals surface area contributed by atoms with Crippen molar-refractivity contribution in [1.82, 2.24) is 14.5 Å². The van der Waals surface area contributed by atoms with Gasteiger partial charge in [-0.15, -0.1) is 0 Å². The maximum absolute atomic E-state index is 13.7. The molecule has 5 nitrogen and oxygen atoms in total. The standard InChI is InChI=1S/C19H19F3N4OS/c1-25-11-17(23-14-8-6-13(7-9-14)10-19(20,21)22)26(27,12-25)18-24-15-4-2-3-5-16(15)28-18/h2-9,17,23H,10-12H2,1H3. The molecule has 1 aromatic heterocycles. The number of quaternary nitrogens is 1. The molecule has 1 aliphatic rings. The smallest absolute Gasteiger partial charge is 0.393 e. The number of nitrogens with one attached hydrogen (secondary N) is 1. The van der Waals surface area contributed by atoms with Crippen molar-refractivity contribution in [2.45, 2.75) is 18.8 Å². The first-order valence-electron chi connectivity index (χ1n) is 8.79. The van der Waals surface area contributed by atoms with Gasteiger partial charge >= 0.3 is 6.18 Å². The lowest BCUT2D eigenvalue weighted by Gasteiger charge is -2.40. The summed E-state index contributed by atoms with van der Waals surface area (Å²) in [6.45, 7) is 0.757. The maximum atomic E-state index is 13.7. The van der Waals surface area contributed by atoms with Crippen LogP contribution >= 0.6 is 11.3 Å². The highest BCUT2D eigenvalue weighted by Crippen LogP contribution is 2.37. The summed E-state index contributed by atoms with van der Waals surface area (Å²) in [5.41, 5.74) is 1.60. The molecule has 1 aliphatic heterocycles. The molecular weight excluding hydrogens is 389 g/mol. The first-order chi connectivity index (χ1) is 13.2. The monoisotopic (exact) mass is 408 g/mol. The molecule has 1 fully saturated rings. The van der Waals surface area contributed by atoms with Gasteiger partial charge < -0.3 is 10.5 Å². The number of thiazole rings is 1. The van der Waals surface area contributed by atoms with Gasteiger partial charge in [-0.05, 0) is 36.9 Å². The first kappa shape index (κ1) is 19.1. The number of hydrogen-bond donors (Lipinski definition) is 1. The summed E-state index contributed by atoms with van der Waals surface area (Å²) >= 11 is 1.38. The van der Waals surface area contributed by atoms with E-state index in [0.29, 0.717) is 17.4 Å². The van der Waals surface area contributed by atoms with E-state index in [1.54, 1.807) is 12.1 Å². The van der Waals surface area contributed by atoms with Crippen molar-refractivity contribution >= 4 is 32.4 Å². The molecule has 0 bridgehead atoms. The molecule has 148 valence electrons. The number of benzene rings is 2. The lowest BCUT2D eigenvalue weighted by molar-refractivity contribution is -0.127. The largest absolute Gasteiger partial charge is 0.623 e. The van der Waals surface area contributed by atoms with Crippen LogP contribution in [-0.2, 0) is 6.42 Å². The number of nitrogens with zero attached hydrogens (tertiary/aromatic N) is 3. The molecule has 28 heavy (non-hydrogen) atoms. The van der Waals surface area contributed by atoms with Gasteiger partial charge in [0, 0.05) is 5.69 Å². The highest BCUT2D eigenvalue weighted by Gasteiger charge is 2.42. The van der Waals surface area contributed by atoms with Crippen molar-refractivity contribution in [2.75, 3.05) is 25.6 Å². The van der Waals surface area contributed by atoms with Gasteiger partial charge in [0.05, 0.1) is 23.2 Å². The van der Waals surface area contributed by atoms with Crippen molar-refractivity contribution in [3.8, 4) is 0 Å². The van der Waals surface area contributed by atoms with E-state index in [0.717, 1.165) is 10.2 Å². The van der Waals surface area contributed by atoms with Gasteiger partial charge in [-0.25, -0.2) is 0 Å². The van der Waals surface area contributed by atoms with Crippen LogP contribution in [0.2, 0.25) is 0 Å². The Balaban J connectivity index is 1.57. The van der Waals surface area contributed by atoms with Gasteiger partial charge in [0.25, 0.3) is 5.13 Å². The Kier molecular flexibility index (Phi) is 4.78. The number of halogens is 3.